The summed E-state index contributed by atoms with van der Waals surface area (Å²) in [5, 5.41) is 0. The lowest BCUT2D eigenvalue weighted by Gasteiger charge is -2.04. The van der Waals surface area contributed by atoms with Crippen LogP contribution in [0.3, 0.4) is 0 Å². The Bertz CT molecular complexity index is 325. The van der Waals surface area contributed by atoms with Crippen molar-refractivity contribution in [2.75, 3.05) is 5.88 Å². The van der Waals surface area contributed by atoms with E-state index in [1.165, 1.54) is 0 Å². The van der Waals surface area contributed by atoms with E-state index in [-0.39, 0.29) is 5.97 Å². The summed E-state index contributed by atoms with van der Waals surface area (Å²) >= 11 is 5.59. The number of esters is 1. The molecule has 0 unspecified atom stereocenters. The maximum atomic E-state index is 11.5. The molecule has 18 heavy (non-hydrogen) atoms. The molecule has 0 radical (unpaired) electrons. The second-order valence-corrected chi connectivity index (χ2v) is 4.73. The number of ether oxygens (including phenoxy) is 1. The van der Waals surface area contributed by atoms with Crippen LogP contribution in [0.15, 0.2) is 30.3 Å². The summed E-state index contributed by atoms with van der Waals surface area (Å²) in [6.07, 6.45) is 5.89. The van der Waals surface area contributed by atoms with Gasteiger partial charge >= 0.3 is 5.97 Å². The molecule has 0 aliphatic carbocycles. The fourth-order valence-corrected chi connectivity index (χ4v) is 1.89. The molecule has 100 valence electrons. The highest BCUT2D eigenvalue weighted by molar-refractivity contribution is 6.17. The predicted molar refractivity (Wildman–Crippen MR) is 74.7 cm³/mol. The molecule has 3 heteroatoms. The number of halogens is 1. The van der Waals surface area contributed by atoms with Crippen LogP contribution in [0.1, 0.15) is 44.1 Å². The summed E-state index contributed by atoms with van der Waals surface area (Å²) in [6.45, 7) is 0.381. The molecule has 0 amide bonds. The van der Waals surface area contributed by atoms with Gasteiger partial charge in [-0.15, -0.1) is 11.6 Å². The third kappa shape index (κ3) is 7.33. The van der Waals surface area contributed by atoms with Gasteiger partial charge in [-0.3, -0.25) is 4.79 Å². The van der Waals surface area contributed by atoms with Crippen LogP contribution >= 0.6 is 11.6 Å². The Morgan fingerprint density at radius 3 is 2.39 bits per heavy atom. The molecule has 1 rings (SSSR count). The molecule has 0 saturated carbocycles. The maximum absolute atomic E-state index is 11.5. The van der Waals surface area contributed by atoms with Crippen LogP contribution in [0, 0.1) is 0 Å². The van der Waals surface area contributed by atoms with Crippen LogP contribution in [0.2, 0.25) is 0 Å². The van der Waals surface area contributed by atoms with E-state index >= 15 is 0 Å². The molecule has 0 saturated heterocycles. The SMILES string of the molecule is O=C(CCCCCCCCl)OCc1ccccc1. The Balaban J connectivity index is 2.01. The van der Waals surface area contributed by atoms with Crippen molar-refractivity contribution in [1.82, 2.24) is 0 Å². The van der Waals surface area contributed by atoms with Crippen LogP contribution < -0.4 is 0 Å². The molecule has 2 nitrogen and oxygen atoms in total. The first-order valence-electron chi connectivity index (χ1n) is 6.58. The van der Waals surface area contributed by atoms with Gasteiger partial charge in [0.25, 0.3) is 0 Å². The summed E-state index contributed by atoms with van der Waals surface area (Å²) in [7, 11) is 0. The normalized spacial score (nSPS) is 10.3. The Kier molecular flexibility index (Phi) is 8.32. The highest BCUT2D eigenvalue weighted by Gasteiger charge is 2.02. The van der Waals surface area contributed by atoms with Crippen molar-refractivity contribution in [2.45, 2.75) is 45.1 Å². The lowest BCUT2D eigenvalue weighted by Crippen LogP contribution is -2.04. The van der Waals surface area contributed by atoms with Gasteiger partial charge in [-0.2, -0.15) is 0 Å². The monoisotopic (exact) mass is 268 g/mol. The first-order valence-corrected chi connectivity index (χ1v) is 7.12. The number of benzene rings is 1. The average molecular weight is 269 g/mol. The number of unbranched alkanes of at least 4 members (excludes halogenated alkanes) is 4. The smallest absolute Gasteiger partial charge is 0.306 e. The molecule has 0 atom stereocenters. The van der Waals surface area contributed by atoms with E-state index in [4.69, 9.17) is 16.3 Å². The molecule has 1 aromatic rings. The van der Waals surface area contributed by atoms with Gasteiger partial charge in [0.15, 0.2) is 0 Å². The zero-order chi connectivity index (χ0) is 13.1. The number of hydrogen-bond acceptors (Lipinski definition) is 2. The van der Waals surface area contributed by atoms with Gasteiger partial charge in [0, 0.05) is 12.3 Å². The molecule has 0 aliphatic rings. The lowest BCUT2D eigenvalue weighted by molar-refractivity contribution is -0.145. The summed E-state index contributed by atoms with van der Waals surface area (Å²) in [5.41, 5.74) is 1.04. The van der Waals surface area contributed by atoms with E-state index in [0.717, 1.165) is 43.5 Å². The second-order valence-electron chi connectivity index (χ2n) is 4.35. The molecule has 0 heterocycles. The first kappa shape index (κ1) is 15.0. The molecular weight excluding hydrogens is 248 g/mol. The van der Waals surface area contributed by atoms with E-state index in [2.05, 4.69) is 0 Å². The lowest BCUT2D eigenvalue weighted by atomic mass is 10.1. The highest BCUT2D eigenvalue weighted by Crippen LogP contribution is 2.08. The maximum Gasteiger partial charge on any atom is 0.306 e. The van der Waals surface area contributed by atoms with Crippen LogP contribution in [-0.4, -0.2) is 11.8 Å². The second kappa shape index (κ2) is 9.95. The van der Waals surface area contributed by atoms with Crippen LogP contribution in [0.5, 0.6) is 0 Å². The molecule has 0 fully saturated rings. The van der Waals surface area contributed by atoms with Crippen LogP contribution in [-0.2, 0) is 16.1 Å². The quantitative estimate of drug-likeness (QED) is 0.379. The zero-order valence-corrected chi connectivity index (χ0v) is 11.5. The summed E-state index contributed by atoms with van der Waals surface area (Å²) < 4.78 is 5.20. The minimum Gasteiger partial charge on any atom is -0.461 e. The van der Waals surface area contributed by atoms with Crippen molar-refractivity contribution in [2.24, 2.45) is 0 Å². The number of carbonyl (C=O) groups is 1. The molecule has 0 spiro atoms. The molecular formula is C15H21ClO2. The van der Waals surface area contributed by atoms with Crippen molar-refractivity contribution in [3.05, 3.63) is 35.9 Å². The van der Waals surface area contributed by atoms with Crippen molar-refractivity contribution in [3.63, 3.8) is 0 Å². The fraction of sp³-hybridized carbons (Fsp3) is 0.533. The van der Waals surface area contributed by atoms with Gasteiger partial charge in [-0.25, -0.2) is 0 Å². The van der Waals surface area contributed by atoms with E-state index < -0.39 is 0 Å². The van der Waals surface area contributed by atoms with Gasteiger partial charge < -0.3 is 4.74 Å². The third-order valence-electron chi connectivity index (χ3n) is 2.76. The molecule has 0 N–H and O–H groups in total. The largest absolute Gasteiger partial charge is 0.461 e. The van der Waals surface area contributed by atoms with Gasteiger partial charge in [0.1, 0.15) is 6.61 Å². The number of rotatable bonds is 9. The molecule has 1 aromatic carbocycles. The Hall–Kier alpha value is -1.02. The van der Waals surface area contributed by atoms with Crippen molar-refractivity contribution < 1.29 is 9.53 Å². The van der Waals surface area contributed by atoms with Crippen molar-refractivity contribution in [3.8, 4) is 0 Å². The van der Waals surface area contributed by atoms with Gasteiger partial charge in [-0.05, 0) is 18.4 Å². The predicted octanol–water partition coefficient (Wildman–Crippen LogP) is 4.31. The number of hydrogen-bond donors (Lipinski definition) is 0. The summed E-state index contributed by atoms with van der Waals surface area (Å²) in [4.78, 5) is 11.5. The van der Waals surface area contributed by atoms with Gasteiger partial charge in [-0.1, -0.05) is 49.6 Å². The van der Waals surface area contributed by atoms with E-state index in [9.17, 15) is 4.79 Å². The van der Waals surface area contributed by atoms with Crippen molar-refractivity contribution >= 4 is 17.6 Å². The number of alkyl halides is 1. The average Bonchev–Trinajstić information content (AvgIpc) is 2.41. The van der Waals surface area contributed by atoms with E-state index in [1.54, 1.807) is 0 Å². The van der Waals surface area contributed by atoms with E-state index in [0.29, 0.717) is 13.0 Å². The minimum absolute atomic E-state index is 0.101. The topological polar surface area (TPSA) is 26.3 Å². The minimum atomic E-state index is -0.101. The fourth-order valence-electron chi connectivity index (χ4n) is 1.70. The standard InChI is InChI=1S/C15H21ClO2/c16-12-8-3-1-2-7-11-15(17)18-13-14-9-5-4-6-10-14/h4-6,9-10H,1-3,7-8,11-13H2. The summed E-state index contributed by atoms with van der Waals surface area (Å²) in [5.74, 6) is 0.634. The van der Waals surface area contributed by atoms with E-state index in [1.807, 2.05) is 30.3 Å². The molecule has 0 aliphatic heterocycles. The highest BCUT2D eigenvalue weighted by atomic mass is 35.5. The van der Waals surface area contributed by atoms with Crippen LogP contribution in [0.25, 0.3) is 0 Å². The van der Waals surface area contributed by atoms with Gasteiger partial charge in [0.05, 0.1) is 0 Å². The number of carbonyl (C=O) groups excluding carboxylic acids is 1. The van der Waals surface area contributed by atoms with Crippen molar-refractivity contribution in [1.29, 1.82) is 0 Å². The van der Waals surface area contributed by atoms with Crippen LogP contribution in [0.4, 0.5) is 0 Å². The Labute approximate surface area is 114 Å². The molecule has 0 aromatic heterocycles. The molecule has 0 bridgehead atoms. The Morgan fingerprint density at radius 2 is 1.67 bits per heavy atom. The Morgan fingerprint density at radius 1 is 1.00 bits per heavy atom. The zero-order valence-electron chi connectivity index (χ0n) is 10.7. The summed E-state index contributed by atoms with van der Waals surface area (Å²) in [6, 6.07) is 9.76. The third-order valence-corrected chi connectivity index (χ3v) is 3.02. The van der Waals surface area contributed by atoms with Gasteiger partial charge in [0.2, 0.25) is 0 Å². The first-order chi connectivity index (χ1) is 8.83.